The lowest BCUT2D eigenvalue weighted by Gasteiger charge is -2.07. The number of aromatic amines is 1. The van der Waals surface area contributed by atoms with Gasteiger partial charge in [0.25, 0.3) is 11.2 Å². The maximum atomic E-state index is 12.1. The van der Waals surface area contributed by atoms with Crippen molar-refractivity contribution >= 4 is 22.6 Å². The van der Waals surface area contributed by atoms with E-state index in [2.05, 4.69) is 14.7 Å². The van der Waals surface area contributed by atoms with E-state index in [1.165, 1.54) is 49.6 Å². The molecule has 0 saturated heterocycles. The second-order valence-corrected chi connectivity index (χ2v) is 5.28. The van der Waals surface area contributed by atoms with Crippen molar-refractivity contribution in [2.75, 3.05) is 7.11 Å². The van der Waals surface area contributed by atoms with Crippen LogP contribution in [0.4, 0.5) is 5.69 Å². The summed E-state index contributed by atoms with van der Waals surface area (Å²) in [6.07, 6.45) is 0. The number of nitro groups is 1. The Hall–Kier alpha value is -3.75. The highest BCUT2D eigenvalue weighted by Gasteiger charge is 2.10. The van der Waals surface area contributed by atoms with Crippen molar-refractivity contribution in [3.05, 3.63) is 74.3 Å². The fraction of sp³-hybridized carbons (Fsp3) is 0.118. The number of nitrogens with one attached hydrogen (secondary N) is 1. The van der Waals surface area contributed by atoms with Gasteiger partial charge in [-0.25, -0.2) is 9.78 Å². The molecule has 0 bridgehead atoms. The summed E-state index contributed by atoms with van der Waals surface area (Å²) >= 11 is 0. The van der Waals surface area contributed by atoms with Crippen molar-refractivity contribution in [1.29, 1.82) is 0 Å². The van der Waals surface area contributed by atoms with E-state index in [4.69, 9.17) is 4.74 Å². The van der Waals surface area contributed by atoms with Gasteiger partial charge in [-0.3, -0.25) is 14.9 Å². The Morgan fingerprint density at radius 2 is 1.96 bits per heavy atom. The largest absolute Gasteiger partial charge is 0.486 e. The molecule has 9 heteroatoms. The number of non-ortho nitro benzene ring substituents is 1. The van der Waals surface area contributed by atoms with Crippen LogP contribution in [0.15, 0.2) is 47.3 Å². The van der Waals surface area contributed by atoms with Crippen LogP contribution in [0.25, 0.3) is 10.9 Å². The lowest BCUT2D eigenvalue weighted by molar-refractivity contribution is -0.384. The van der Waals surface area contributed by atoms with E-state index < -0.39 is 10.9 Å². The van der Waals surface area contributed by atoms with Gasteiger partial charge in [0.1, 0.15) is 18.2 Å². The van der Waals surface area contributed by atoms with E-state index in [9.17, 15) is 19.7 Å². The number of nitrogens with zero attached hydrogens (tertiary/aromatic N) is 2. The summed E-state index contributed by atoms with van der Waals surface area (Å²) in [5.74, 6) is 0.113. The molecule has 0 saturated carbocycles. The molecular weight excluding hydrogens is 342 g/mol. The number of methoxy groups -OCH3 is 1. The number of fused-ring (bicyclic) bond motifs is 1. The predicted octanol–water partition coefficient (Wildman–Crippen LogP) is 2.20. The van der Waals surface area contributed by atoms with E-state index in [0.717, 1.165) is 0 Å². The first-order valence-electron chi connectivity index (χ1n) is 7.46. The normalized spacial score (nSPS) is 10.5. The molecule has 26 heavy (non-hydrogen) atoms. The zero-order valence-corrected chi connectivity index (χ0v) is 13.6. The summed E-state index contributed by atoms with van der Waals surface area (Å²) in [5, 5.41) is 11.0. The van der Waals surface area contributed by atoms with Gasteiger partial charge < -0.3 is 14.5 Å². The molecule has 2 aromatic carbocycles. The Kier molecular flexibility index (Phi) is 4.61. The number of aromatic nitrogens is 2. The zero-order valence-electron chi connectivity index (χ0n) is 13.6. The van der Waals surface area contributed by atoms with Crippen LogP contribution in [-0.4, -0.2) is 28.0 Å². The molecule has 0 aliphatic heterocycles. The third kappa shape index (κ3) is 3.51. The zero-order chi connectivity index (χ0) is 18.7. The van der Waals surface area contributed by atoms with Crippen LogP contribution in [0.1, 0.15) is 16.2 Å². The molecule has 0 aliphatic carbocycles. The molecule has 1 aromatic heterocycles. The van der Waals surface area contributed by atoms with Gasteiger partial charge in [-0.1, -0.05) is 0 Å². The van der Waals surface area contributed by atoms with Crippen LogP contribution in [0, 0.1) is 10.1 Å². The van der Waals surface area contributed by atoms with Gasteiger partial charge >= 0.3 is 5.97 Å². The molecule has 1 heterocycles. The van der Waals surface area contributed by atoms with Crippen molar-refractivity contribution in [3.63, 3.8) is 0 Å². The smallest absolute Gasteiger partial charge is 0.337 e. The van der Waals surface area contributed by atoms with Gasteiger partial charge in [0.05, 0.1) is 28.5 Å². The average Bonchev–Trinajstić information content (AvgIpc) is 2.65. The number of carbonyl (C=O) groups is 1. The monoisotopic (exact) mass is 355 g/mol. The van der Waals surface area contributed by atoms with Gasteiger partial charge in [0.2, 0.25) is 0 Å². The lowest BCUT2D eigenvalue weighted by atomic mass is 10.1. The fourth-order valence-electron chi connectivity index (χ4n) is 2.32. The van der Waals surface area contributed by atoms with Crippen LogP contribution in [0.2, 0.25) is 0 Å². The van der Waals surface area contributed by atoms with Gasteiger partial charge in [-0.15, -0.1) is 0 Å². The molecule has 0 amide bonds. The highest BCUT2D eigenvalue weighted by atomic mass is 16.6. The average molecular weight is 355 g/mol. The summed E-state index contributed by atoms with van der Waals surface area (Å²) in [7, 11) is 1.27. The maximum absolute atomic E-state index is 12.1. The minimum Gasteiger partial charge on any atom is -0.486 e. The molecule has 0 spiro atoms. The van der Waals surface area contributed by atoms with Crippen molar-refractivity contribution in [1.82, 2.24) is 9.97 Å². The minimum absolute atomic E-state index is 0.0502. The molecular formula is C17H13N3O6. The summed E-state index contributed by atoms with van der Waals surface area (Å²) in [6, 6.07) is 9.97. The van der Waals surface area contributed by atoms with Crippen molar-refractivity contribution in [2.45, 2.75) is 6.61 Å². The van der Waals surface area contributed by atoms with E-state index in [0.29, 0.717) is 16.7 Å². The molecule has 0 atom stereocenters. The number of H-pyrrole nitrogens is 1. The third-order valence-electron chi connectivity index (χ3n) is 3.60. The summed E-state index contributed by atoms with van der Waals surface area (Å²) in [5.41, 5.74) is 0.193. The molecule has 0 radical (unpaired) electrons. The number of benzene rings is 2. The van der Waals surface area contributed by atoms with Gasteiger partial charge in [-0.2, -0.15) is 0 Å². The molecule has 1 N–H and O–H groups in total. The first kappa shape index (κ1) is 17.1. The number of ether oxygens (including phenoxy) is 2. The molecule has 132 valence electrons. The Morgan fingerprint density at radius 3 is 2.62 bits per heavy atom. The molecule has 0 aliphatic rings. The fourth-order valence-corrected chi connectivity index (χ4v) is 2.32. The molecule has 0 unspecified atom stereocenters. The Labute approximate surface area is 146 Å². The predicted molar refractivity (Wildman–Crippen MR) is 91.1 cm³/mol. The van der Waals surface area contributed by atoms with E-state index >= 15 is 0 Å². The highest BCUT2D eigenvalue weighted by molar-refractivity contribution is 5.93. The van der Waals surface area contributed by atoms with Gasteiger partial charge in [0.15, 0.2) is 0 Å². The quantitative estimate of drug-likeness (QED) is 0.422. The third-order valence-corrected chi connectivity index (χ3v) is 3.60. The Bertz CT molecular complexity index is 1040. The van der Waals surface area contributed by atoms with E-state index in [1.54, 1.807) is 0 Å². The topological polar surface area (TPSA) is 124 Å². The van der Waals surface area contributed by atoms with Gasteiger partial charge in [0, 0.05) is 12.1 Å². The standard InChI is InChI=1S/C17H13N3O6/c1-25-17(22)10-2-7-13-14(8-10)18-15(19-16(13)21)9-26-12-5-3-11(4-6-12)20(23)24/h2-8H,9H2,1H3,(H,18,19,21). The molecule has 9 nitrogen and oxygen atoms in total. The SMILES string of the molecule is COC(=O)c1ccc2c(=O)[nH]c(COc3ccc([N+](=O)[O-])cc3)nc2c1. The van der Waals surface area contributed by atoms with E-state index in [-0.39, 0.29) is 29.2 Å². The van der Waals surface area contributed by atoms with Crippen LogP contribution >= 0.6 is 0 Å². The number of hydrogen-bond donors (Lipinski definition) is 1. The molecule has 3 aromatic rings. The minimum atomic E-state index is -0.530. The summed E-state index contributed by atoms with van der Waals surface area (Å²) in [6.45, 7) is -0.0502. The maximum Gasteiger partial charge on any atom is 0.337 e. The number of hydrogen-bond acceptors (Lipinski definition) is 7. The Morgan fingerprint density at radius 1 is 1.23 bits per heavy atom. The van der Waals surface area contributed by atoms with Crippen LogP contribution in [0.3, 0.4) is 0 Å². The number of esters is 1. The van der Waals surface area contributed by atoms with Gasteiger partial charge in [-0.05, 0) is 30.3 Å². The summed E-state index contributed by atoms with van der Waals surface area (Å²) in [4.78, 5) is 40.7. The number of rotatable bonds is 5. The number of carbonyl (C=O) groups excluding carboxylic acids is 1. The van der Waals surface area contributed by atoms with Crippen molar-refractivity contribution in [2.24, 2.45) is 0 Å². The van der Waals surface area contributed by atoms with Crippen molar-refractivity contribution in [3.8, 4) is 5.75 Å². The van der Waals surface area contributed by atoms with Crippen LogP contribution in [-0.2, 0) is 11.3 Å². The number of nitro benzene ring substituents is 1. The summed E-state index contributed by atoms with van der Waals surface area (Å²) < 4.78 is 10.1. The molecule has 3 rings (SSSR count). The second kappa shape index (κ2) is 7.01. The lowest BCUT2D eigenvalue weighted by Crippen LogP contribution is -2.14. The first-order valence-corrected chi connectivity index (χ1v) is 7.46. The van der Waals surface area contributed by atoms with E-state index in [1.807, 2.05) is 0 Å². The Balaban J connectivity index is 1.84. The highest BCUT2D eigenvalue weighted by Crippen LogP contribution is 2.18. The first-order chi connectivity index (χ1) is 12.5. The van der Waals surface area contributed by atoms with Crippen LogP contribution in [0.5, 0.6) is 5.75 Å². The molecule has 0 fully saturated rings. The van der Waals surface area contributed by atoms with Crippen LogP contribution < -0.4 is 10.3 Å². The second-order valence-electron chi connectivity index (χ2n) is 5.28. The van der Waals surface area contributed by atoms with Crippen molar-refractivity contribution < 1.29 is 19.2 Å².